The Morgan fingerprint density at radius 2 is 2.29 bits per heavy atom. The summed E-state index contributed by atoms with van der Waals surface area (Å²) in [6, 6.07) is 0. The molecule has 2 rings (SSSR count). The van der Waals surface area contributed by atoms with Gasteiger partial charge in [-0.25, -0.2) is 4.68 Å². The molecule has 0 bridgehead atoms. The van der Waals surface area contributed by atoms with Gasteiger partial charge in [-0.1, -0.05) is 0 Å². The second-order valence-electron chi connectivity index (χ2n) is 5.42. The molecule has 0 aromatic carbocycles. The van der Waals surface area contributed by atoms with E-state index in [1.54, 1.807) is 16.7 Å². The number of amides is 1. The van der Waals surface area contributed by atoms with Gasteiger partial charge in [-0.2, -0.15) is 5.10 Å². The highest BCUT2D eigenvalue weighted by Crippen LogP contribution is 2.20. The summed E-state index contributed by atoms with van der Waals surface area (Å²) in [6.07, 6.45) is 0.937. The van der Waals surface area contributed by atoms with Crippen LogP contribution in [0, 0.1) is 6.92 Å². The second-order valence-corrected chi connectivity index (χ2v) is 5.42. The first-order chi connectivity index (χ1) is 10.0. The van der Waals surface area contributed by atoms with Gasteiger partial charge in [-0.05, 0) is 13.3 Å². The van der Waals surface area contributed by atoms with Crippen LogP contribution in [-0.2, 0) is 18.4 Å². The normalized spacial score (nSPS) is 16.6. The number of methoxy groups -OCH3 is 1. The van der Waals surface area contributed by atoms with Gasteiger partial charge in [0.2, 0.25) is 11.8 Å². The van der Waals surface area contributed by atoms with Crippen molar-refractivity contribution >= 4 is 5.91 Å². The van der Waals surface area contributed by atoms with Crippen LogP contribution in [0.15, 0.2) is 0 Å². The lowest BCUT2D eigenvalue weighted by Crippen LogP contribution is -2.38. The lowest BCUT2D eigenvalue weighted by Gasteiger charge is -2.20. The van der Waals surface area contributed by atoms with E-state index in [0.717, 1.165) is 30.1 Å². The first-order valence-electron chi connectivity index (χ1n) is 7.26. The molecule has 0 aliphatic carbocycles. The predicted molar refractivity (Wildman–Crippen MR) is 78.0 cm³/mol. The Morgan fingerprint density at radius 3 is 2.90 bits per heavy atom. The maximum atomic E-state index is 11.5. The molecule has 7 heteroatoms. The third-order valence-corrected chi connectivity index (χ3v) is 3.77. The number of hydrogen-bond donors (Lipinski definition) is 2. The number of rotatable bonds is 7. The van der Waals surface area contributed by atoms with E-state index in [9.17, 15) is 9.90 Å². The Kier molecular flexibility index (Phi) is 5.19. The van der Waals surface area contributed by atoms with Crippen molar-refractivity contribution in [3.05, 3.63) is 11.3 Å². The molecule has 7 nitrogen and oxygen atoms in total. The van der Waals surface area contributed by atoms with Gasteiger partial charge in [0.15, 0.2) is 0 Å². The van der Waals surface area contributed by atoms with Crippen molar-refractivity contribution < 1.29 is 14.6 Å². The largest absolute Gasteiger partial charge is 0.481 e. The van der Waals surface area contributed by atoms with E-state index in [1.807, 2.05) is 14.0 Å². The smallest absolute Gasteiger partial charge is 0.222 e. The molecule has 1 aliphatic heterocycles. The van der Waals surface area contributed by atoms with Crippen molar-refractivity contribution in [3.63, 3.8) is 0 Å². The minimum atomic E-state index is -0.560. The molecule has 1 atom stereocenters. The third-order valence-electron chi connectivity index (χ3n) is 3.77. The van der Waals surface area contributed by atoms with E-state index < -0.39 is 6.10 Å². The number of carbonyl (C=O) groups excluding carboxylic acids is 1. The summed E-state index contributed by atoms with van der Waals surface area (Å²) in [5, 5.41) is 17.5. The molecule has 2 N–H and O–H groups in total. The van der Waals surface area contributed by atoms with Crippen LogP contribution in [0.2, 0.25) is 0 Å². The molecule has 1 saturated heterocycles. The molecule has 2 heterocycles. The summed E-state index contributed by atoms with van der Waals surface area (Å²) < 4.78 is 7.02. The minimum Gasteiger partial charge on any atom is -0.481 e. The Morgan fingerprint density at radius 1 is 1.52 bits per heavy atom. The molecule has 0 saturated carbocycles. The lowest BCUT2D eigenvalue weighted by molar-refractivity contribution is -0.128. The van der Waals surface area contributed by atoms with E-state index >= 15 is 0 Å². The average Bonchev–Trinajstić information content (AvgIpc) is 2.94. The number of aromatic nitrogens is 2. The van der Waals surface area contributed by atoms with E-state index in [4.69, 9.17) is 4.74 Å². The third kappa shape index (κ3) is 3.74. The summed E-state index contributed by atoms with van der Waals surface area (Å²) >= 11 is 0. The lowest BCUT2D eigenvalue weighted by atomic mass is 10.2. The fraction of sp³-hybridized carbons (Fsp3) is 0.714. The summed E-state index contributed by atoms with van der Waals surface area (Å²) in [5.74, 6) is 0.864. The molecular formula is C14H24N4O3. The van der Waals surface area contributed by atoms with Crippen LogP contribution in [0.25, 0.3) is 0 Å². The first kappa shape index (κ1) is 15.8. The Bertz CT molecular complexity index is 501. The Balaban J connectivity index is 1.80. The Hall–Kier alpha value is -1.60. The van der Waals surface area contributed by atoms with Crippen LogP contribution in [0.3, 0.4) is 0 Å². The molecular weight excluding hydrogens is 272 g/mol. The van der Waals surface area contributed by atoms with Crippen molar-refractivity contribution in [2.45, 2.75) is 32.4 Å². The maximum absolute atomic E-state index is 11.5. The van der Waals surface area contributed by atoms with Gasteiger partial charge in [0.1, 0.15) is 0 Å². The highest BCUT2D eigenvalue weighted by Gasteiger charge is 2.22. The number of hydrogen-bond acceptors (Lipinski definition) is 5. The predicted octanol–water partition coefficient (Wildman–Crippen LogP) is -0.190. The van der Waals surface area contributed by atoms with Crippen molar-refractivity contribution in [1.29, 1.82) is 0 Å². The number of aliphatic hydroxyl groups is 1. The zero-order valence-electron chi connectivity index (χ0n) is 12.9. The maximum Gasteiger partial charge on any atom is 0.222 e. The van der Waals surface area contributed by atoms with Crippen LogP contribution in [-0.4, -0.2) is 58.5 Å². The SMILES string of the molecule is COc1c(CNCC(O)CN2CCCC2=O)c(C)nn1C. The number of aryl methyl sites for hydroxylation is 2. The van der Waals surface area contributed by atoms with Crippen molar-refractivity contribution in [1.82, 2.24) is 20.0 Å². The van der Waals surface area contributed by atoms with Gasteiger partial charge in [0.05, 0.1) is 24.5 Å². The van der Waals surface area contributed by atoms with Gasteiger partial charge in [-0.3, -0.25) is 4.79 Å². The van der Waals surface area contributed by atoms with Gasteiger partial charge < -0.3 is 20.1 Å². The quantitative estimate of drug-likeness (QED) is 0.729. The minimum absolute atomic E-state index is 0.138. The van der Waals surface area contributed by atoms with Crippen LogP contribution in [0.4, 0.5) is 0 Å². The summed E-state index contributed by atoms with van der Waals surface area (Å²) in [6.45, 7) is 4.09. The summed E-state index contributed by atoms with van der Waals surface area (Å²) in [4.78, 5) is 13.2. The molecule has 118 valence electrons. The first-order valence-corrected chi connectivity index (χ1v) is 7.26. The Labute approximate surface area is 124 Å². The van der Waals surface area contributed by atoms with Gasteiger partial charge in [-0.15, -0.1) is 0 Å². The fourth-order valence-corrected chi connectivity index (χ4v) is 2.72. The summed E-state index contributed by atoms with van der Waals surface area (Å²) in [5.41, 5.74) is 1.90. The molecule has 1 amide bonds. The van der Waals surface area contributed by atoms with E-state index in [-0.39, 0.29) is 5.91 Å². The van der Waals surface area contributed by atoms with Gasteiger partial charge >= 0.3 is 0 Å². The molecule has 1 fully saturated rings. The number of aliphatic hydroxyl groups excluding tert-OH is 1. The topological polar surface area (TPSA) is 79.6 Å². The number of carbonyl (C=O) groups is 1. The second kappa shape index (κ2) is 6.91. The van der Waals surface area contributed by atoms with Gasteiger partial charge in [0.25, 0.3) is 0 Å². The van der Waals surface area contributed by atoms with Crippen LogP contribution >= 0.6 is 0 Å². The monoisotopic (exact) mass is 296 g/mol. The molecule has 1 aromatic heterocycles. The highest BCUT2D eigenvalue weighted by atomic mass is 16.5. The molecule has 0 radical (unpaired) electrons. The molecule has 0 spiro atoms. The molecule has 1 aliphatic rings. The van der Waals surface area contributed by atoms with Crippen LogP contribution < -0.4 is 10.1 Å². The van der Waals surface area contributed by atoms with E-state index in [0.29, 0.717) is 26.1 Å². The van der Waals surface area contributed by atoms with Crippen LogP contribution in [0.1, 0.15) is 24.1 Å². The highest BCUT2D eigenvalue weighted by molar-refractivity contribution is 5.78. The number of nitrogens with one attached hydrogen (secondary N) is 1. The fourth-order valence-electron chi connectivity index (χ4n) is 2.72. The summed E-state index contributed by atoms with van der Waals surface area (Å²) in [7, 11) is 3.46. The van der Waals surface area contributed by atoms with Crippen LogP contribution in [0.5, 0.6) is 5.88 Å². The zero-order valence-corrected chi connectivity index (χ0v) is 12.9. The van der Waals surface area contributed by atoms with Gasteiger partial charge in [0, 0.05) is 39.6 Å². The zero-order chi connectivity index (χ0) is 15.4. The molecule has 21 heavy (non-hydrogen) atoms. The van der Waals surface area contributed by atoms with E-state index in [2.05, 4.69) is 10.4 Å². The molecule has 1 unspecified atom stereocenters. The van der Waals surface area contributed by atoms with Crippen molar-refractivity contribution in [2.75, 3.05) is 26.7 Å². The van der Waals surface area contributed by atoms with Crippen molar-refractivity contribution in [2.24, 2.45) is 7.05 Å². The number of nitrogens with zero attached hydrogens (tertiary/aromatic N) is 3. The number of ether oxygens (including phenoxy) is 1. The number of likely N-dealkylation sites (tertiary alicyclic amines) is 1. The van der Waals surface area contributed by atoms with Crippen molar-refractivity contribution in [3.8, 4) is 5.88 Å². The number of β-amino-alcohol motifs (C(OH)–C–C–N with tert-alkyl or cyclic N) is 1. The standard InChI is InChI=1S/C14H24N4O3/c1-10-12(14(21-3)17(2)16-10)8-15-7-11(19)9-18-6-4-5-13(18)20/h11,15,19H,4-9H2,1-3H3. The average molecular weight is 296 g/mol. The van der Waals surface area contributed by atoms with E-state index in [1.165, 1.54) is 0 Å². The molecule has 1 aromatic rings.